The molecule has 2 nitrogen and oxygen atoms in total. The maximum atomic E-state index is 11.0. The summed E-state index contributed by atoms with van der Waals surface area (Å²) in [5, 5.41) is 0. The van der Waals surface area contributed by atoms with Gasteiger partial charge in [-0.05, 0) is 81.0 Å². The third-order valence-electron chi connectivity index (χ3n) is 5.68. The van der Waals surface area contributed by atoms with E-state index in [1.807, 2.05) is 0 Å². The molecular weight excluding hydrogens is 236 g/mol. The van der Waals surface area contributed by atoms with Crippen molar-refractivity contribution in [2.75, 3.05) is 6.61 Å². The lowest BCUT2D eigenvalue weighted by Crippen LogP contribution is -2.45. The molecule has 0 spiro atoms. The smallest absolute Gasteiger partial charge is 0.330 e. The van der Waals surface area contributed by atoms with E-state index in [2.05, 4.69) is 6.58 Å². The predicted molar refractivity (Wildman–Crippen MR) is 75.6 cm³/mol. The fourth-order valence-corrected chi connectivity index (χ4v) is 5.43. The maximum Gasteiger partial charge on any atom is 0.330 e. The van der Waals surface area contributed by atoms with Crippen LogP contribution in [0.1, 0.15) is 57.8 Å². The molecule has 0 atom stereocenters. The molecular formula is C17H26O2. The quantitative estimate of drug-likeness (QED) is 0.409. The molecule has 4 saturated carbocycles. The summed E-state index contributed by atoms with van der Waals surface area (Å²) in [6.45, 7) is 3.98. The Kier molecular flexibility index (Phi) is 3.68. The van der Waals surface area contributed by atoms with E-state index in [1.54, 1.807) is 0 Å². The van der Waals surface area contributed by atoms with Crippen molar-refractivity contribution in [3.63, 3.8) is 0 Å². The van der Waals surface area contributed by atoms with Gasteiger partial charge in [-0.2, -0.15) is 0 Å². The van der Waals surface area contributed by atoms with Crippen molar-refractivity contribution in [1.82, 2.24) is 0 Å². The highest BCUT2D eigenvalue weighted by atomic mass is 16.5. The van der Waals surface area contributed by atoms with Gasteiger partial charge in [0.15, 0.2) is 0 Å². The van der Waals surface area contributed by atoms with Gasteiger partial charge in [-0.25, -0.2) is 4.79 Å². The van der Waals surface area contributed by atoms with Crippen molar-refractivity contribution >= 4 is 5.97 Å². The molecule has 0 aromatic rings. The second-order valence-corrected chi connectivity index (χ2v) is 7.25. The number of ether oxygens (including phenoxy) is 1. The van der Waals surface area contributed by atoms with E-state index in [-0.39, 0.29) is 5.97 Å². The van der Waals surface area contributed by atoms with Gasteiger partial charge in [-0.15, -0.1) is 0 Å². The predicted octanol–water partition coefficient (Wildman–Crippen LogP) is 4.10. The van der Waals surface area contributed by atoms with Crippen LogP contribution in [0.2, 0.25) is 0 Å². The average molecular weight is 262 g/mol. The third kappa shape index (κ3) is 2.88. The van der Waals surface area contributed by atoms with Gasteiger partial charge in [-0.1, -0.05) is 6.58 Å². The van der Waals surface area contributed by atoms with Gasteiger partial charge in [0.05, 0.1) is 6.61 Å². The first-order valence-electron chi connectivity index (χ1n) is 7.98. The Bertz CT molecular complexity index is 323. The first kappa shape index (κ1) is 13.2. The summed E-state index contributed by atoms with van der Waals surface area (Å²) in [7, 11) is 0. The van der Waals surface area contributed by atoms with E-state index in [0.29, 0.717) is 12.0 Å². The van der Waals surface area contributed by atoms with Crippen LogP contribution in [0.3, 0.4) is 0 Å². The first-order chi connectivity index (χ1) is 9.19. The zero-order chi connectivity index (χ0) is 13.3. The second-order valence-electron chi connectivity index (χ2n) is 7.25. The molecule has 4 fully saturated rings. The average Bonchev–Trinajstić information content (AvgIpc) is 2.36. The Morgan fingerprint density at radius 2 is 1.68 bits per heavy atom. The van der Waals surface area contributed by atoms with Gasteiger partial charge < -0.3 is 4.74 Å². The fraction of sp³-hybridized carbons (Fsp3) is 0.824. The van der Waals surface area contributed by atoms with Gasteiger partial charge in [0, 0.05) is 6.08 Å². The van der Waals surface area contributed by atoms with E-state index >= 15 is 0 Å². The minimum atomic E-state index is -0.283. The molecule has 4 rings (SSSR count). The molecule has 2 heteroatoms. The van der Waals surface area contributed by atoms with Crippen molar-refractivity contribution in [2.45, 2.75) is 57.8 Å². The van der Waals surface area contributed by atoms with Gasteiger partial charge in [-0.3, -0.25) is 0 Å². The molecule has 0 aliphatic heterocycles. The van der Waals surface area contributed by atoms with Crippen molar-refractivity contribution < 1.29 is 9.53 Å². The number of hydrogen-bond donors (Lipinski definition) is 0. The SMILES string of the molecule is C=CC(=O)OCCCCC12CC3CC(CC(C3)C1)C2. The minimum absolute atomic E-state index is 0.283. The molecule has 4 aliphatic carbocycles. The number of unbranched alkanes of at least 4 members (excludes halogenated alkanes) is 1. The lowest BCUT2D eigenvalue weighted by Gasteiger charge is -2.57. The highest BCUT2D eigenvalue weighted by Gasteiger charge is 2.50. The van der Waals surface area contributed by atoms with Gasteiger partial charge in [0.25, 0.3) is 0 Å². The van der Waals surface area contributed by atoms with Crippen LogP contribution in [0.25, 0.3) is 0 Å². The lowest BCUT2D eigenvalue weighted by molar-refractivity contribution is -0.137. The fourth-order valence-electron chi connectivity index (χ4n) is 5.43. The molecule has 106 valence electrons. The van der Waals surface area contributed by atoms with Crippen molar-refractivity contribution in [3.8, 4) is 0 Å². The van der Waals surface area contributed by atoms with E-state index in [9.17, 15) is 4.79 Å². The number of carbonyl (C=O) groups is 1. The van der Waals surface area contributed by atoms with Crippen LogP contribution in [0.5, 0.6) is 0 Å². The van der Waals surface area contributed by atoms with Crippen molar-refractivity contribution in [1.29, 1.82) is 0 Å². The van der Waals surface area contributed by atoms with E-state index in [1.165, 1.54) is 57.4 Å². The second kappa shape index (κ2) is 5.30. The molecule has 4 aliphatic rings. The lowest BCUT2D eigenvalue weighted by atomic mass is 9.48. The van der Waals surface area contributed by atoms with Crippen LogP contribution in [0.4, 0.5) is 0 Å². The molecule has 0 radical (unpaired) electrons. The van der Waals surface area contributed by atoms with E-state index < -0.39 is 0 Å². The summed E-state index contributed by atoms with van der Waals surface area (Å²) in [6, 6.07) is 0. The summed E-state index contributed by atoms with van der Waals surface area (Å²) >= 11 is 0. The summed E-state index contributed by atoms with van der Waals surface area (Å²) in [6.07, 6.45) is 13.9. The Morgan fingerprint density at radius 3 is 2.21 bits per heavy atom. The minimum Gasteiger partial charge on any atom is -0.463 e. The molecule has 0 amide bonds. The highest BCUT2D eigenvalue weighted by Crippen LogP contribution is 2.61. The Hall–Kier alpha value is -0.790. The van der Waals surface area contributed by atoms with E-state index in [0.717, 1.165) is 24.2 Å². The van der Waals surface area contributed by atoms with Crippen molar-refractivity contribution in [3.05, 3.63) is 12.7 Å². The molecule has 0 saturated heterocycles. The van der Waals surface area contributed by atoms with E-state index in [4.69, 9.17) is 4.74 Å². The Balaban J connectivity index is 1.43. The third-order valence-corrected chi connectivity index (χ3v) is 5.68. The molecule has 0 aromatic carbocycles. The monoisotopic (exact) mass is 262 g/mol. The van der Waals surface area contributed by atoms with Crippen LogP contribution in [-0.2, 0) is 9.53 Å². The summed E-state index contributed by atoms with van der Waals surface area (Å²) < 4.78 is 5.06. The molecule has 0 unspecified atom stereocenters. The van der Waals surface area contributed by atoms with Crippen LogP contribution in [0, 0.1) is 23.2 Å². The highest BCUT2D eigenvalue weighted by molar-refractivity contribution is 5.81. The Labute approximate surface area is 116 Å². The van der Waals surface area contributed by atoms with Crippen LogP contribution in [-0.4, -0.2) is 12.6 Å². The number of carbonyl (C=O) groups excluding carboxylic acids is 1. The molecule has 0 heterocycles. The first-order valence-corrected chi connectivity index (χ1v) is 7.98. The number of hydrogen-bond acceptors (Lipinski definition) is 2. The summed E-state index contributed by atoms with van der Waals surface area (Å²) in [5.74, 6) is 2.86. The Morgan fingerprint density at radius 1 is 1.11 bits per heavy atom. The van der Waals surface area contributed by atoms with Gasteiger partial charge >= 0.3 is 5.97 Å². The zero-order valence-electron chi connectivity index (χ0n) is 11.9. The van der Waals surface area contributed by atoms with Crippen LogP contribution < -0.4 is 0 Å². The summed E-state index contributed by atoms with van der Waals surface area (Å²) in [4.78, 5) is 11.0. The largest absolute Gasteiger partial charge is 0.463 e. The summed E-state index contributed by atoms with van der Waals surface area (Å²) in [5.41, 5.74) is 0.678. The topological polar surface area (TPSA) is 26.3 Å². The normalized spacial score (nSPS) is 39.3. The van der Waals surface area contributed by atoms with Crippen LogP contribution >= 0.6 is 0 Å². The molecule has 0 N–H and O–H groups in total. The number of esters is 1. The van der Waals surface area contributed by atoms with Crippen LogP contribution in [0.15, 0.2) is 12.7 Å². The standard InChI is InChI=1S/C17H26O2/c1-2-16(18)19-6-4-3-5-17-10-13-7-14(11-17)9-15(8-13)12-17/h2,13-15H,1,3-12H2. The van der Waals surface area contributed by atoms with Crippen molar-refractivity contribution in [2.24, 2.45) is 23.2 Å². The molecule has 0 aromatic heterocycles. The molecule has 4 bridgehead atoms. The zero-order valence-corrected chi connectivity index (χ0v) is 11.9. The van der Waals surface area contributed by atoms with Gasteiger partial charge in [0.1, 0.15) is 0 Å². The number of rotatable bonds is 6. The van der Waals surface area contributed by atoms with Gasteiger partial charge in [0.2, 0.25) is 0 Å². The molecule has 19 heavy (non-hydrogen) atoms. The maximum absolute atomic E-state index is 11.0.